The molecule has 0 heterocycles. The van der Waals surface area contributed by atoms with Crippen molar-refractivity contribution in [2.45, 2.75) is 13.0 Å². The Morgan fingerprint density at radius 1 is 1.04 bits per heavy atom. The second-order valence-corrected chi connectivity index (χ2v) is 5.56. The highest BCUT2D eigenvalue weighted by Crippen LogP contribution is 2.21. The third-order valence-corrected chi connectivity index (χ3v) is 3.75. The summed E-state index contributed by atoms with van der Waals surface area (Å²) in [6, 6.07) is 19.2. The molecule has 6 nitrogen and oxygen atoms in total. The number of fused-ring (bicyclic) bond motifs is 1. The fourth-order valence-corrected chi connectivity index (χ4v) is 2.42. The first-order valence-electron chi connectivity index (χ1n) is 7.74. The summed E-state index contributed by atoms with van der Waals surface area (Å²) < 4.78 is 5.54. The molecule has 3 rings (SSSR count). The largest absolute Gasteiger partial charge is 0.481 e. The minimum Gasteiger partial charge on any atom is -0.481 e. The van der Waals surface area contributed by atoms with Crippen molar-refractivity contribution < 1.29 is 14.5 Å². The van der Waals surface area contributed by atoms with Crippen molar-refractivity contribution in [1.82, 2.24) is 0 Å². The molecule has 25 heavy (non-hydrogen) atoms. The van der Waals surface area contributed by atoms with Crippen LogP contribution >= 0.6 is 0 Å². The van der Waals surface area contributed by atoms with Gasteiger partial charge in [0.25, 0.3) is 11.6 Å². The first kappa shape index (κ1) is 16.4. The molecule has 3 aromatic rings. The van der Waals surface area contributed by atoms with Crippen LogP contribution in [0.5, 0.6) is 5.75 Å². The van der Waals surface area contributed by atoms with Crippen LogP contribution in [0.1, 0.15) is 6.92 Å². The van der Waals surface area contributed by atoms with E-state index in [9.17, 15) is 14.9 Å². The van der Waals surface area contributed by atoms with Gasteiger partial charge in [-0.1, -0.05) is 30.3 Å². The van der Waals surface area contributed by atoms with Crippen molar-refractivity contribution >= 4 is 28.1 Å². The number of nitrogens with zero attached hydrogens (tertiary/aromatic N) is 1. The Hall–Kier alpha value is -3.41. The number of ether oxygens (including phenoxy) is 1. The SMILES string of the molecule is CC(Oc1ccc([N+](=O)[O-])cc1)C(=O)Nc1ccc2ccccc2c1. The zero-order valence-corrected chi connectivity index (χ0v) is 13.5. The lowest BCUT2D eigenvalue weighted by Crippen LogP contribution is -2.30. The first-order chi connectivity index (χ1) is 12.0. The summed E-state index contributed by atoms with van der Waals surface area (Å²) in [6.07, 6.45) is -0.743. The van der Waals surface area contributed by atoms with Crippen LogP contribution in [0.3, 0.4) is 0 Å². The predicted octanol–water partition coefficient (Wildman–Crippen LogP) is 4.15. The van der Waals surface area contributed by atoms with Crippen LogP contribution in [0.15, 0.2) is 66.7 Å². The summed E-state index contributed by atoms with van der Waals surface area (Å²) in [5, 5.41) is 15.6. The van der Waals surface area contributed by atoms with Gasteiger partial charge in [0.1, 0.15) is 5.75 Å². The Balaban J connectivity index is 1.66. The van der Waals surface area contributed by atoms with Crippen LogP contribution in [-0.2, 0) is 4.79 Å². The molecule has 0 fully saturated rings. The quantitative estimate of drug-likeness (QED) is 0.560. The highest BCUT2D eigenvalue weighted by Gasteiger charge is 2.15. The Morgan fingerprint density at radius 2 is 1.72 bits per heavy atom. The fourth-order valence-electron chi connectivity index (χ4n) is 2.42. The van der Waals surface area contributed by atoms with Gasteiger partial charge in [0.2, 0.25) is 0 Å². The molecule has 0 saturated heterocycles. The number of non-ortho nitro benzene ring substituents is 1. The third kappa shape index (κ3) is 3.92. The van der Waals surface area contributed by atoms with Gasteiger partial charge in [-0.15, -0.1) is 0 Å². The summed E-state index contributed by atoms with van der Waals surface area (Å²) in [5.74, 6) is 0.0976. The van der Waals surface area contributed by atoms with Crippen molar-refractivity contribution in [3.63, 3.8) is 0 Å². The summed E-state index contributed by atoms with van der Waals surface area (Å²) in [6.45, 7) is 1.62. The molecule has 0 aliphatic heterocycles. The van der Waals surface area contributed by atoms with Gasteiger partial charge >= 0.3 is 0 Å². The highest BCUT2D eigenvalue weighted by molar-refractivity contribution is 5.96. The van der Waals surface area contributed by atoms with E-state index in [1.165, 1.54) is 24.3 Å². The fraction of sp³-hybridized carbons (Fsp3) is 0.105. The first-order valence-corrected chi connectivity index (χ1v) is 7.74. The summed E-state index contributed by atoms with van der Waals surface area (Å²) in [4.78, 5) is 22.4. The van der Waals surface area contributed by atoms with E-state index >= 15 is 0 Å². The molecular formula is C19H16N2O4. The monoisotopic (exact) mass is 336 g/mol. The van der Waals surface area contributed by atoms with Gasteiger partial charge in [-0.3, -0.25) is 14.9 Å². The van der Waals surface area contributed by atoms with Crippen LogP contribution in [0.25, 0.3) is 10.8 Å². The van der Waals surface area contributed by atoms with E-state index in [1.807, 2.05) is 42.5 Å². The molecule has 0 spiro atoms. The Bertz CT molecular complexity index is 922. The molecule has 126 valence electrons. The molecule has 3 aromatic carbocycles. The van der Waals surface area contributed by atoms with Crippen molar-refractivity contribution in [1.29, 1.82) is 0 Å². The lowest BCUT2D eigenvalue weighted by molar-refractivity contribution is -0.384. The van der Waals surface area contributed by atoms with Crippen LogP contribution in [-0.4, -0.2) is 16.9 Å². The number of nitrogens with one attached hydrogen (secondary N) is 1. The zero-order chi connectivity index (χ0) is 17.8. The van der Waals surface area contributed by atoms with Gasteiger partial charge in [0, 0.05) is 17.8 Å². The van der Waals surface area contributed by atoms with Gasteiger partial charge in [-0.25, -0.2) is 0 Å². The van der Waals surface area contributed by atoms with Gasteiger partial charge in [-0.05, 0) is 42.0 Å². The van der Waals surface area contributed by atoms with E-state index in [-0.39, 0.29) is 11.6 Å². The van der Waals surface area contributed by atoms with Crippen molar-refractivity contribution in [3.8, 4) is 5.75 Å². The van der Waals surface area contributed by atoms with Crippen LogP contribution in [0.2, 0.25) is 0 Å². The molecule has 0 aliphatic carbocycles. The average molecular weight is 336 g/mol. The molecule has 1 amide bonds. The zero-order valence-electron chi connectivity index (χ0n) is 13.5. The minimum atomic E-state index is -0.743. The Morgan fingerprint density at radius 3 is 2.40 bits per heavy atom. The number of amides is 1. The minimum absolute atomic E-state index is 0.0272. The molecule has 0 radical (unpaired) electrons. The smallest absolute Gasteiger partial charge is 0.269 e. The van der Waals surface area contributed by atoms with E-state index in [0.717, 1.165) is 10.8 Å². The summed E-state index contributed by atoms with van der Waals surface area (Å²) >= 11 is 0. The topological polar surface area (TPSA) is 81.5 Å². The molecule has 0 aromatic heterocycles. The lowest BCUT2D eigenvalue weighted by atomic mass is 10.1. The number of carbonyl (C=O) groups is 1. The highest BCUT2D eigenvalue weighted by atomic mass is 16.6. The van der Waals surface area contributed by atoms with Crippen molar-refractivity contribution in [2.24, 2.45) is 0 Å². The molecule has 6 heteroatoms. The van der Waals surface area contributed by atoms with Crippen molar-refractivity contribution in [2.75, 3.05) is 5.32 Å². The Kier molecular flexibility index (Phi) is 4.61. The van der Waals surface area contributed by atoms with Crippen LogP contribution in [0.4, 0.5) is 11.4 Å². The van der Waals surface area contributed by atoms with E-state index in [2.05, 4.69) is 5.32 Å². The van der Waals surface area contributed by atoms with Crippen LogP contribution < -0.4 is 10.1 Å². The molecule has 1 N–H and O–H groups in total. The second kappa shape index (κ2) is 7.00. The van der Waals surface area contributed by atoms with Gasteiger partial charge in [0.05, 0.1) is 4.92 Å². The van der Waals surface area contributed by atoms with Gasteiger partial charge in [-0.2, -0.15) is 0 Å². The standard InChI is InChI=1S/C19H16N2O4/c1-13(25-18-10-8-17(9-11-18)21(23)24)19(22)20-16-7-6-14-4-2-3-5-15(14)12-16/h2-13H,1H3,(H,20,22). The number of hydrogen-bond acceptors (Lipinski definition) is 4. The lowest BCUT2D eigenvalue weighted by Gasteiger charge is -2.15. The van der Waals surface area contributed by atoms with Gasteiger partial charge < -0.3 is 10.1 Å². The van der Waals surface area contributed by atoms with E-state index < -0.39 is 11.0 Å². The molecule has 0 bridgehead atoms. The number of nitro groups is 1. The Labute approximate surface area is 144 Å². The van der Waals surface area contributed by atoms with Crippen molar-refractivity contribution in [3.05, 3.63) is 76.8 Å². The maximum Gasteiger partial charge on any atom is 0.269 e. The number of nitro benzene ring substituents is 1. The predicted molar refractivity (Wildman–Crippen MR) is 95.8 cm³/mol. The maximum atomic E-state index is 12.3. The number of carbonyl (C=O) groups excluding carboxylic acids is 1. The normalized spacial score (nSPS) is 11.7. The third-order valence-electron chi connectivity index (χ3n) is 3.75. The van der Waals surface area contributed by atoms with E-state index in [0.29, 0.717) is 11.4 Å². The molecule has 0 aliphatic rings. The van der Waals surface area contributed by atoms with Gasteiger partial charge in [0.15, 0.2) is 6.10 Å². The number of anilines is 1. The maximum absolute atomic E-state index is 12.3. The average Bonchev–Trinajstić information content (AvgIpc) is 2.62. The van der Waals surface area contributed by atoms with E-state index in [1.54, 1.807) is 6.92 Å². The molecule has 1 unspecified atom stereocenters. The molecular weight excluding hydrogens is 320 g/mol. The molecule has 1 atom stereocenters. The number of rotatable bonds is 5. The number of hydrogen-bond donors (Lipinski definition) is 1. The van der Waals surface area contributed by atoms with E-state index in [4.69, 9.17) is 4.74 Å². The summed E-state index contributed by atoms with van der Waals surface area (Å²) in [7, 11) is 0. The second-order valence-electron chi connectivity index (χ2n) is 5.56. The van der Waals surface area contributed by atoms with Crippen LogP contribution in [0, 0.1) is 10.1 Å². The number of benzene rings is 3. The summed E-state index contributed by atoms with van der Waals surface area (Å²) in [5.41, 5.74) is 0.656. The molecule has 0 saturated carbocycles.